The molecular formula is C15H16F3N3. The van der Waals surface area contributed by atoms with Gasteiger partial charge in [-0.05, 0) is 24.0 Å². The molecule has 21 heavy (non-hydrogen) atoms. The summed E-state index contributed by atoms with van der Waals surface area (Å²) >= 11 is 0. The smallest absolute Gasteiger partial charge is 0.356 e. The fraction of sp³-hybridized carbons (Fsp3) is 0.400. The number of alkyl halides is 3. The molecule has 1 atom stereocenters. The molecule has 0 aliphatic carbocycles. The number of fused-ring (bicyclic) bond motifs is 1. The summed E-state index contributed by atoms with van der Waals surface area (Å²) < 4.78 is 40.0. The maximum Gasteiger partial charge on any atom is 0.434 e. The van der Waals surface area contributed by atoms with E-state index in [1.807, 2.05) is 24.3 Å². The third kappa shape index (κ3) is 2.62. The Labute approximate surface area is 120 Å². The van der Waals surface area contributed by atoms with Crippen LogP contribution in [0.2, 0.25) is 0 Å². The Balaban J connectivity index is 1.97. The number of imidazole rings is 1. The van der Waals surface area contributed by atoms with Crippen molar-refractivity contribution in [2.45, 2.75) is 32.0 Å². The van der Waals surface area contributed by atoms with Crippen molar-refractivity contribution >= 4 is 5.95 Å². The standard InChI is InChI=1S/C15H16F3N3/c1-2-10-3-5-11(6-4-10)12-7-8-19-14-20-13(9-21(12)14)15(16,17)18/h3-6,9,12H,2,7-8H2,1H3,(H,19,20). The Bertz CT molecular complexity index is 629. The summed E-state index contributed by atoms with van der Waals surface area (Å²) in [6.07, 6.45) is -1.63. The lowest BCUT2D eigenvalue weighted by molar-refractivity contribution is -0.140. The van der Waals surface area contributed by atoms with Crippen LogP contribution in [0, 0.1) is 0 Å². The Hall–Kier alpha value is -1.98. The number of aryl methyl sites for hydroxylation is 1. The second kappa shape index (κ2) is 5.09. The predicted octanol–water partition coefficient (Wildman–Crippen LogP) is 3.87. The SMILES string of the molecule is CCc1ccc(C2CCNc3nc(C(F)(F)F)cn32)cc1. The van der Waals surface area contributed by atoms with Crippen molar-refractivity contribution in [2.75, 3.05) is 11.9 Å². The normalized spacial score (nSPS) is 18.2. The number of anilines is 1. The van der Waals surface area contributed by atoms with Crippen molar-refractivity contribution in [1.82, 2.24) is 9.55 Å². The molecule has 1 aliphatic rings. The van der Waals surface area contributed by atoms with Crippen LogP contribution in [0.4, 0.5) is 19.1 Å². The zero-order chi connectivity index (χ0) is 15.0. The summed E-state index contributed by atoms with van der Waals surface area (Å²) in [4.78, 5) is 3.66. The van der Waals surface area contributed by atoms with Crippen LogP contribution in [0.5, 0.6) is 0 Å². The van der Waals surface area contributed by atoms with Crippen LogP contribution in [0.3, 0.4) is 0 Å². The minimum absolute atomic E-state index is 0.101. The molecule has 0 amide bonds. The number of benzene rings is 1. The Morgan fingerprint density at radius 2 is 2.00 bits per heavy atom. The van der Waals surface area contributed by atoms with Gasteiger partial charge in [0.2, 0.25) is 5.95 Å². The lowest BCUT2D eigenvalue weighted by Gasteiger charge is -2.26. The Morgan fingerprint density at radius 1 is 1.29 bits per heavy atom. The van der Waals surface area contributed by atoms with E-state index in [2.05, 4.69) is 17.2 Å². The van der Waals surface area contributed by atoms with E-state index in [9.17, 15) is 13.2 Å². The van der Waals surface area contributed by atoms with Crippen molar-refractivity contribution in [3.8, 4) is 0 Å². The van der Waals surface area contributed by atoms with Gasteiger partial charge in [0.1, 0.15) is 0 Å². The van der Waals surface area contributed by atoms with Gasteiger partial charge in [-0.3, -0.25) is 0 Å². The van der Waals surface area contributed by atoms with E-state index in [-0.39, 0.29) is 12.0 Å². The zero-order valence-corrected chi connectivity index (χ0v) is 11.6. The summed E-state index contributed by atoms with van der Waals surface area (Å²) in [5, 5.41) is 2.93. The van der Waals surface area contributed by atoms with Crippen LogP contribution in [-0.2, 0) is 12.6 Å². The summed E-state index contributed by atoms with van der Waals surface area (Å²) in [5.41, 5.74) is 1.39. The van der Waals surface area contributed by atoms with Crippen LogP contribution < -0.4 is 5.32 Å². The van der Waals surface area contributed by atoms with Gasteiger partial charge in [0.25, 0.3) is 0 Å². The van der Waals surface area contributed by atoms with Crippen molar-refractivity contribution in [3.05, 3.63) is 47.3 Å². The quantitative estimate of drug-likeness (QED) is 0.911. The molecule has 1 N–H and O–H groups in total. The van der Waals surface area contributed by atoms with Crippen molar-refractivity contribution in [3.63, 3.8) is 0 Å². The molecule has 0 bridgehead atoms. The molecule has 112 valence electrons. The van der Waals surface area contributed by atoms with Crippen LogP contribution in [0.25, 0.3) is 0 Å². The summed E-state index contributed by atoms with van der Waals surface area (Å²) in [5.74, 6) is 0.290. The van der Waals surface area contributed by atoms with E-state index in [0.717, 1.165) is 24.6 Å². The second-order valence-corrected chi connectivity index (χ2v) is 5.18. The zero-order valence-electron chi connectivity index (χ0n) is 11.6. The highest BCUT2D eigenvalue weighted by atomic mass is 19.4. The van der Waals surface area contributed by atoms with E-state index in [1.165, 1.54) is 5.56 Å². The first kappa shape index (κ1) is 14.0. The molecule has 0 spiro atoms. The van der Waals surface area contributed by atoms with E-state index in [1.54, 1.807) is 4.57 Å². The number of hydrogen-bond donors (Lipinski definition) is 1. The summed E-state index contributed by atoms with van der Waals surface area (Å²) in [7, 11) is 0. The molecule has 0 saturated heterocycles. The van der Waals surface area contributed by atoms with Gasteiger partial charge in [-0.1, -0.05) is 31.2 Å². The van der Waals surface area contributed by atoms with Gasteiger partial charge in [-0.2, -0.15) is 13.2 Å². The van der Waals surface area contributed by atoms with Crippen molar-refractivity contribution < 1.29 is 13.2 Å². The molecule has 2 aromatic rings. The van der Waals surface area contributed by atoms with E-state index < -0.39 is 11.9 Å². The minimum Gasteiger partial charge on any atom is -0.356 e. The molecule has 6 heteroatoms. The van der Waals surface area contributed by atoms with Crippen LogP contribution >= 0.6 is 0 Å². The molecular weight excluding hydrogens is 279 g/mol. The molecule has 3 nitrogen and oxygen atoms in total. The summed E-state index contributed by atoms with van der Waals surface area (Å²) in [6, 6.07) is 7.94. The monoisotopic (exact) mass is 295 g/mol. The largest absolute Gasteiger partial charge is 0.434 e. The van der Waals surface area contributed by atoms with E-state index in [0.29, 0.717) is 6.54 Å². The molecule has 1 aromatic heterocycles. The fourth-order valence-electron chi connectivity index (χ4n) is 2.66. The van der Waals surface area contributed by atoms with Crippen molar-refractivity contribution in [2.24, 2.45) is 0 Å². The van der Waals surface area contributed by atoms with Crippen LogP contribution in [0.1, 0.15) is 36.2 Å². The maximum absolute atomic E-state index is 12.8. The number of rotatable bonds is 2. The van der Waals surface area contributed by atoms with Gasteiger partial charge in [0, 0.05) is 12.7 Å². The van der Waals surface area contributed by atoms with Crippen LogP contribution in [-0.4, -0.2) is 16.1 Å². The number of aromatic nitrogens is 2. The topological polar surface area (TPSA) is 29.9 Å². The van der Waals surface area contributed by atoms with Gasteiger partial charge in [-0.15, -0.1) is 0 Å². The summed E-state index contributed by atoms with van der Waals surface area (Å²) in [6.45, 7) is 2.69. The predicted molar refractivity (Wildman–Crippen MR) is 74.3 cm³/mol. The van der Waals surface area contributed by atoms with Gasteiger partial charge in [-0.25, -0.2) is 4.98 Å². The van der Waals surface area contributed by atoms with Gasteiger partial charge < -0.3 is 9.88 Å². The van der Waals surface area contributed by atoms with E-state index in [4.69, 9.17) is 0 Å². The third-order valence-electron chi connectivity index (χ3n) is 3.83. The molecule has 1 aromatic carbocycles. The number of halogens is 3. The highest BCUT2D eigenvalue weighted by Crippen LogP contribution is 2.35. The molecule has 0 saturated carbocycles. The first-order valence-corrected chi connectivity index (χ1v) is 6.98. The average Bonchev–Trinajstić information content (AvgIpc) is 2.91. The number of hydrogen-bond acceptors (Lipinski definition) is 2. The van der Waals surface area contributed by atoms with Gasteiger partial charge in [0.15, 0.2) is 5.69 Å². The van der Waals surface area contributed by atoms with E-state index >= 15 is 0 Å². The van der Waals surface area contributed by atoms with Crippen molar-refractivity contribution in [1.29, 1.82) is 0 Å². The number of nitrogens with one attached hydrogen (secondary N) is 1. The molecule has 1 aliphatic heterocycles. The first-order valence-electron chi connectivity index (χ1n) is 6.98. The second-order valence-electron chi connectivity index (χ2n) is 5.18. The first-order chi connectivity index (χ1) is 9.99. The van der Waals surface area contributed by atoms with Gasteiger partial charge in [0.05, 0.1) is 6.04 Å². The van der Waals surface area contributed by atoms with Crippen LogP contribution in [0.15, 0.2) is 30.5 Å². The van der Waals surface area contributed by atoms with Gasteiger partial charge >= 0.3 is 6.18 Å². The Kier molecular flexibility index (Phi) is 3.39. The molecule has 3 rings (SSSR count). The fourth-order valence-corrected chi connectivity index (χ4v) is 2.66. The molecule has 1 unspecified atom stereocenters. The minimum atomic E-state index is -4.41. The lowest BCUT2D eigenvalue weighted by atomic mass is 10.0. The average molecular weight is 295 g/mol. The third-order valence-corrected chi connectivity index (χ3v) is 3.83. The molecule has 0 radical (unpaired) electrons. The molecule has 2 heterocycles. The Morgan fingerprint density at radius 3 is 2.62 bits per heavy atom. The molecule has 0 fully saturated rings. The lowest BCUT2D eigenvalue weighted by Crippen LogP contribution is -2.23. The highest BCUT2D eigenvalue weighted by molar-refractivity contribution is 5.37. The number of nitrogens with zero attached hydrogens (tertiary/aromatic N) is 2. The maximum atomic E-state index is 12.8. The highest BCUT2D eigenvalue weighted by Gasteiger charge is 2.36.